The van der Waals surface area contributed by atoms with Crippen LogP contribution in [0.15, 0.2) is 35.9 Å². The molecule has 23 heavy (non-hydrogen) atoms. The summed E-state index contributed by atoms with van der Waals surface area (Å²) in [5.74, 6) is 0.621. The average molecular weight is 316 g/mol. The zero-order chi connectivity index (χ0) is 16.9. The first kappa shape index (κ1) is 17.5. The van der Waals surface area contributed by atoms with E-state index < -0.39 is 11.6 Å². The van der Waals surface area contributed by atoms with Crippen molar-refractivity contribution in [3.05, 3.63) is 41.5 Å². The van der Waals surface area contributed by atoms with Gasteiger partial charge in [-0.1, -0.05) is 48.9 Å². The molecule has 1 amide bonds. The average Bonchev–Trinajstić information content (AvgIpc) is 3.23. The molecule has 1 aromatic rings. The highest BCUT2D eigenvalue weighted by molar-refractivity contribution is 5.65. The molecule has 0 radical (unpaired) electrons. The number of carboxylic acid groups (broad SMARTS) is 1. The first-order chi connectivity index (χ1) is 10.9. The molecule has 1 fully saturated rings. The Hall–Kier alpha value is -1.81. The van der Waals surface area contributed by atoms with Gasteiger partial charge in [0.15, 0.2) is 0 Å². The number of nitrogens with one attached hydrogen (secondary N) is 2. The Morgan fingerprint density at radius 1 is 1.35 bits per heavy atom. The van der Waals surface area contributed by atoms with Gasteiger partial charge in [-0.05, 0) is 51.1 Å². The van der Waals surface area contributed by atoms with Crippen LogP contribution in [0.2, 0.25) is 0 Å². The maximum Gasteiger partial charge on any atom is 0.405 e. The van der Waals surface area contributed by atoms with Gasteiger partial charge in [0.25, 0.3) is 0 Å². The molecule has 4 nitrogen and oxygen atoms in total. The number of rotatable bonds is 8. The highest BCUT2D eigenvalue weighted by Gasteiger charge is 2.38. The summed E-state index contributed by atoms with van der Waals surface area (Å²) in [6, 6.07) is 11.0. The van der Waals surface area contributed by atoms with Crippen LogP contribution in [0.5, 0.6) is 0 Å². The smallest absolute Gasteiger partial charge is 0.405 e. The summed E-state index contributed by atoms with van der Waals surface area (Å²) in [6.45, 7) is 6.88. The van der Waals surface area contributed by atoms with Crippen LogP contribution >= 0.6 is 0 Å². The lowest BCUT2D eigenvalue weighted by atomic mass is 10.0. The molecule has 2 unspecified atom stereocenters. The van der Waals surface area contributed by atoms with E-state index in [1.54, 1.807) is 0 Å². The number of hydrogen-bond donors (Lipinski definition) is 3. The van der Waals surface area contributed by atoms with Gasteiger partial charge in [0.1, 0.15) is 0 Å². The second-order valence-corrected chi connectivity index (χ2v) is 6.95. The Kier molecular flexibility index (Phi) is 5.83. The molecular formula is C19H28N2O2. The molecule has 0 bridgehead atoms. The van der Waals surface area contributed by atoms with Crippen molar-refractivity contribution in [2.75, 3.05) is 6.54 Å². The van der Waals surface area contributed by atoms with Gasteiger partial charge in [-0.3, -0.25) is 0 Å². The molecule has 0 spiro atoms. The highest BCUT2D eigenvalue weighted by atomic mass is 16.4. The summed E-state index contributed by atoms with van der Waals surface area (Å²) < 4.78 is 0. The van der Waals surface area contributed by atoms with Crippen molar-refractivity contribution in [2.24, 2.45) is 5.92 Å². The first-order valence-electron chi connectivity index (χ1n) is 8.41. The second kappa shape index (κ2) is 7.64. The molecule has 2 rings (SSSR count). The molecule has 0 aliphatic heterocycles. The highest BCUT2D eigenvalue weighted by Crippen LogP contribution is 2.39. The largest absolute Gasteiger partial charge is 0.465 e. The van der Waals surface area contributed by atoms with Crippen molar-refractivity contribution in [3.63, 3.8) is 0 Å². The van der Waals surface area contributed by atoms with E-state index in [-0.39, 0.29) is 0 Å². The van der Waals surface area contributed by atoms with Gasteiger partial charge in [-0.25, -0.2) is 4.79 Å². The maximum absolute atomic E-state index is 10.7. The molecule has 1 saturated carbocycles. The Morgan fingerprint density at radius 2 is 2.04 bits per heavy atom. The number of carbonyl (C=O) groups is 1. The van der Waals surface area contributed by atoms with E-state index in [9.17, 15) is 4.79 Å². The zero-order valence-corrected chi connectivity index (χ0v) is 14.3. The van der Waals surface area contributed by atoms with Crippen LogP contribution < -0.4 is 10.6 Å². The van der Waals surface area contributed by atoms with Crippen LogP contribution in [0, 0.1) is 5.92 Å². The fourth-order valence-electron chi connectivity index (χ4n) is 2.99. The molecule has 0 aromatic heterocycles. The predicted molar refractivity (Wildman–Crippen MR) is 94.5 cm³/mol. The number of amides is 1. The van der Waals surface area contributed by atoms with Crippen molar-refractivity contribution < 1.29 is 9.90 Å². The molecule has 126 valence electrons. The van der Waals surface area contributed by atoms with Gasteiger partial charge in [-0.2, -0.15) is 0 Å². The minimum atomic E-state index is -0.960. The first-order valence-corrected chi connectivity index (χ1v) is 8.41. The van der Waals surface area contributed by atoms with Crippen LogP contribution in [0.3, 0.4) is 0 Å². The van der Waals surface area contributed by atoms with Crippen molar-refractivity contribution in [1.29, 1.82) is 0 Å². The molecule has 1 aromatic carbocycles. The minimum Gasteiger partial charge on any atom is -0.465 e. The molecule has 3 N–H and O–H groups in total. The summed E-state index contributed by atoms with van der Waals surface area (Å²) in [6.07, 6.45) is 4.39. The minimum absolute atomic E-state index is 0.392. The molecule has 4 heteroatoms. The van der Waals surface area contributed by atoms with Crippen LogP contribution in [0.4, 0.5) is 4.79 Å². The summed E-state index contributed by atoms with van der Waals surface area (Å²) >= 11 is 0. The van der Waals surface area contributed by atoms with Crippen LogP contribution in [0.1, 0.15) is 45.6 Å². The Labute approximate surface area is 139 Å². The van der Waals surface area contributed by atoms with Crippen molar-refractivity contribution in [2.45, 2.75) is 51.6 Å². The molecule has 0 heterocycles. The third-order valence-corrected chi connectivity index (χ3v) is 4.43. The van der Waals surface area contributed by atoms with Gasteiger partial charge < -0.3 is 15.7 Å². The van der Waals surface area contributed by atoms with Crippen molar-refractivity contribution >= 4 is 12.2 Å². The van der Waals surface area contributed by atoms with Gasteiger partial charge in [0.05, 0.1) is 0 Å². The number of hydrogen-bond acceptors (Lipinski definition) is 2. The van der Waals surface area contributed by atoms with Crippen LogP contribution in [-0.2, 0) is 0 Å². The maximum atomic E-state index is 10.7. The van der Waals surface area contributed by atoms with E-state index in [0.717, 1.165) is 19.4 Å². The Balaban J connectivity index is 1.80. The lowest BCUT2D eigenvalue weighted by Gasteiger charge is -2.24. The van der Waals surface area contributed by atoms with E-state index >= 15 is 0 Å². The van der Waals surface area contributed by atoms with E-state index in [0.29, 0.717) is 12.0 Å². The topological polar surface area (TPSA) is 61.4 Å². The predicted octanol–water partition coefficient (Wildman–Crippen LogP) is 3.89. The van der Waals surface area contributed by atoms with E-state index in [1.807, 2.05) is 19.9 Å². The Morgan fingerprint density at radius 3 is 2.65 bits per heavy atom. The molecule has 2 atom stereocenters. The second-order valence-electron chi connectivity index (χ2n) is 6.95. The van der Waals surface area contributed by atoms with Crippen LogP contribution in [-0.4, -0.2) is 29.3 Å². The SMILES string of the molecule is CC/C(=C\c1ccccc1)C1CC1NCCC(C)(C)NC(=O)O. The summed E-state index contributed by atoms with van der Waals surface area (Å²) in [5, 5.41) is 14.9. The molecular weight excluding hydrogens is 288 g/mol. The van der Waals surface area contributed by atoms with Crippen LogP contribution in [0.25, 0.3) is 6.08 Å². The fourth-order valence-corrected chi connectivity index (χ4v) is 2.99. The lowest BCUT2D eigenvalue weighted by Crippen LogP contribution is -2.44. The normalized spacial score (nSPS) is 21.1. The summed E-state index contributed by atoms with van der Waals surface area (Å²) in [4.78, 5) is 10.7. The lowest BCUT2D eigenvalue weighted by molar-refractivity contribution is 0.180. The standard InChI is InChI=1S/C19H28N2O2/c1-4-15(12-14-8-6-5-7-9-14)16-13-17(16)20-11-10-19(2,3)21-18(22)23/h5-9,12,16-17,20-21H,4,10-11,13H2,1-3H3,(H,22,23)/b15-12+. The van der Waals surface area contributed by atoms with Crippen molar-refractivity contribution in [1.82, 2.24) is 10.6 Å². The zero-order valence-electron chi connectivity index (χ0n) is 14.3. The fraction of sp³-hybridized carbons (Fsp3) is 0.526. The molecule has 0 saturated heterocycles. The summed E-state index contributed by atoms with van der Waals surface area (Å²) in [7, 11) is 0. The molecule has 1 aliphatic carbocycles. The summed E-state index contributed by atoms with van der Waals surface area (Å²) in [5.41, 5.74) is 2.37. The van der Waals surface area contributed by atoms with Gasteiger partial charge in [0, 0.05) is 11.6 Å². The van der Waals surface area contributed by atoms with Gasteiger partial charge >= 0.3 is 6.09 Å². The van der Waals surface area contributed by atoms with Gasteiger partial charge in [-0.15, -0.1) is 0 Å². The molecule has 1 aliphatic rings. The quantitative estimate of drug-likeness (QED) is 0.682. The number of benzene rings is 1. The van der Waals surface area contributed by atoms with Gasteiger partial charge in [0.2, 0.25) is 0 Å². The van der Waals surface area contributed by atoms with Crippen molar-refractivity contribution in [3.8, 4) is 0 Å². The Bertz CT molecular complexity index is 552. The monoisotopic (exact) mass is 316 g/mol. The third-order valence-electron chi connectivity index (χ3n) is 4.43. The third kappa shape index (κ3) is 5.71. The van der Waals surface area contributed by atoms with E-state index in [1.165, 1.54) is 17.6 Å². The van der Waals surface area contributed by atoms with E-state index in [2.05, 4.69) is 47.9 Å². The van der Waals surface area contributed by atoms with E-state index in [4.69, 9.17) is 5.11 Å².